The van der Waals surface area contributed by atoms with E-state index in [2.05, 4.69) is 4.98 Å². The summed E-state index contributed by atoms with van der Waals surface area (Å²) in [5, 5.41) is 0.121. The van der Waals surface area contributed by atoms with Gasteiger partial charge in [0.25, 0.3) is 5.91 Å². The fraction of sp³-hybridized carbons (Fsp3) is 0.417. The van der Waals surface area contributed by atoms with E-state index < -0.39 is 47.7 Å². The van der Waals surface area contributed by atoms with Gasteiger partial charge in [-0.25, -0.2) is 18.6 Å². The second-order valence-electron chi connectivity index (χ2n) is 8.51. The lowest BCUT2D eigenvalue weighted by molar-refractivity contribution is -0.133. The van der Waals surface area contributed by atoms with Crippen molar-refractivity contribution in [3.63, 3.8) is 0 Å². The molecule has 2 aromatic rings. The molecule has 2 aliphatic heterocycles. The van der Waals surface area contributed by atoms with Gasteiger partial charge in [0.1, 0.15) is 29.0 Å². The maximum atomic E-state index is 15.0. The Morgan fingerprint density at radius 1 is 1.29 bits per heavy atom. The smallest absolute Gasteiger partial charge is 0.350 e. The molecule has 0 radical (unpaired) electrons. The second-order valence-corrected chi connectivity index (χ2v) is 9.49. The zero-order chi connectivity index (χ0) is 24.1. The van der Waals surface area contributed by atoms with E-state index in [1.165, 1.54) is 23.1 Å². The summed E-state index contributed by atoms with van der Waals surface area (Å²) in [6.07, 6.45) is -1.17. The Hall–Kier alpha value is -3.14. The topological polar surface area (TPSA) is 85.8 Å². The maximum Gasteiger partial charge on any atom is 0.350 e. The molecule has 3 heterocycles. The van der Waals surface area contributed by atoms with Gasteiger partial charge >= 0.3 is 5.97 Å². The van der Waals surface area contributed by atoms with Gasteiger partial charge in [-0.15, -0.1) is 0 Å². The van der Waals surface area contributed by atoms with Crippen molar-refractivity contribution < 1.29 is 32.6 Å². The number of rotatable bonds is 4. The number of carbonyl (C=O) groups is 3. The third-order valence-electron chi connectivity index (χ3n) is 6.44. The van der Waals surface area contributed by atoms with Gasteiger partial charge in [-0.05, 0) is 39.2 Å². The van der Waals surface area contributed by atoms with Crippen molar-refractivity contribution in [2.45, 2.75) is 51.4 Å². The first kappa shape index (κ1) is 22.6. The highest BCUT2D eigenvalue weighted by atomic mass is 32.1. The third kappa shape index (κ3) is 3.51. The largest absolute Gasteiger partial charge is 0.483 e. The summed E-state index contributed by atoms with van der Waals surface area (Å²) in [7, 11) is 0. The minimum Gasteiger partial charge on any atom is -0.483 e. The lowest BCUT2D eigenvalue weighted by atomic mass is 9.77. The molecule has 1 fully saturated rings. The van der Waals surface area contributed by atoms with Gasteiger partial charge < -0.3 is 9.47 Å². The average Bonchev–Trinajstić information content (AvgIpc) is 3.32. The number of halogens is 2. The molecule has 1 amide bonds. The number of Topliss-reactive ketones (excluding diaryl/α,β-unsaturated/α-hetero) is 1. The van der Waals surface area contributed by atoms with E-state index in [9.17, 15) is 23.2 Å². The van der Waals surface area contributed by atoms with Crippen LogP contribution in [-0.2, 0) is 19.1 Å². The number of hydrogen-bond donors (Lipinski definition) is 0. The second kappa shape index (κ2) is 8.57. The fourth-order valence-electron chi connectivity index (χ4n) is 4.88. The monoisotopic (exact) mass is 488 g/mol. The van der Waals surface area contributed by atoms with E-state index in [0.717, 1.165) is 11.3 Å². The molecule has 0 spiro atoms. The van der Waals surface area contributed by atoms with Gasteiger partial charge in [0.05, 0.1) is 23.8 Å². The number of ether oxygens (including phenoxy) is 2. The van der Waals surface area contributed by atoms with Crippen LogP contribution in [0.3, 0.4) is 0 Å². The molecule has 4 unspecified atom stereocenters. The van der Waals surface area contributed by atoms with Crippen LogP contribution >= 0.6 is 11.3 Å². The number of alkyl halides is 1. The van der Waals surface area contributed by atoms with E-state index in [0.29, 0.717) is 12.1 Å². The van der Waals surface area contributed by atoms with Gasteiger partial charge in [-0.2, -0.15) is 0 Å². The molecule has 5 rings (SSSR count). The van der Waals surface area contributed by atoms with Crippen LogP contribution in [-0.4, -0.2) is 41.5 Å². The van der Waals surface area contributed by atoms with Gasteiger partial charge in [-0.3, -0.25) is 14.5 Å². The van der Waals surface area contributed by atoms with Crippen LogP contribution < -0.4 is 4.90 Å². The van der Waals surface area contributed by atoms with Gasteiger partial charge in [0, 0.05) is 5.56 Å². The van der Waals surface area contributed by atoms with Crippen molar-refractivity contribution in [3.8, 4) is 0 Å². The van der Waals surface area contributed by atoms with Crippen molar-refractivity contribution in [1.82, 2.24) is 4.98 Å². The third-order valence-corrected chi connectivity index (χ3v) is 7.57. The summed E-state index contributed by atoms with van der Waals surface area (Å²) >= 11 is 0.929. The average molecular weight is 489 g/mol. The summed E-state index contributed by atoms with van der Waals surface area (Å²) in [5.41, 5.74) is 0.454. The number of ketones is 1. The van der Waals surface area contributed by atoms with Crippen LogP contribution in [0.25, 0.3) is 0 Å². The lowest BCUT2D eigenvalue weighted by Crippen LogP contribution is -2.42. The Morgan fingerprint density at radius 3 is 2.79 bits per heavy atom. The number of amides is 1. The Balaban J connectivity index is 1.63. The number of benzene rings is 1. The first-order valence-electron chi connectivity index (χ1n) is 11.1. The van der Waals surface area contributed by atoms with E-state index >= 15 is 0 Å². The molecule has 0 bridgehead atoms. The maximum absolute atomic E-state index is 15.0. The number of hydrogen-bond acceptors (Lipinski definition) is 7. The van der Waals surface area contributed by atoms with Crippen molar-refractivity contribution in [1.29, 1.82) is 0 Å². The highest BCUT2D eigenvalue weighted by molar-refractivity contribution is 7.17. The van der Waals surface area contributed by atoms with Crippen LogP contribution in [0.2, 0.25) is 0 Å². The molecule has 0 saturated heterocycles. The minimum absolute atomic E-state index is 0.00181. The summed E-state index contributed by atoms with van der Waals surface area (Å²) < 4.78 is 40.2. The lowest BCUT2D eigenvalue weighted by Gasteiger charge is -2.36. The Labute approximate surface area is 198 Å². The number of fused-ring (bicyclic) bond motifs is 1. The van der Waals surface area contributed by atoms with E-state index in [4.69, 9.17) is 9.47 Å². The Bertz CT molecular complexity index is 1230. The number of nitrogens with zero attached hydrogens (tertiary/aromatic N) is 2. The van der Waals surface area contributed by atoms with Crippen LogP contribution in [0.15, 0.2) is 35.6 Å². The standard InChI is InChI=1S/C24H22F2N2O5S/c1-3-32-23(31)21-11(2)27-24(34-21)28-18(13-6-4-5-7-15(13)26)17-19(29)14-10-12(25)8-9-16(14)33-20(17)22(28)30/h4-7,12,14,16,18H,3,8-10H2,1-2H3. The molecule has 4 atom stereocenters. The number of carbonyl (C=O) groups excluding carboxylic acids is 3. The fourth-order valence-corrected chi connectivity index (χ4v) is 5.86. The van der Waals surface area contributed by atoms with Gasteiger partial charge in [0.2, 0.25) is 0 Å². The van der Waals surface area contributed by atoms with Crippen molar-refractivity contribution in [2.24, 2.45) is 5.92 Å². The minimum atomic E-state index is -1.14. The summed E-state index contributed by atoms with van der Waals surface area (Å²) in [6.45, 7) is 3.45. The molecule has 1 aliphatic carbocycles. The molecule has 7 nitrogen and oxygen atoms in total. The molecule has 0 N–H and O–H groups in total. The number of anilines is 1. The first-order valence-corrected chi connectivity index (χ1v) is 11.9. The predicted molar refractivity (Wildman–Crippen MR) is 119 cm³/mol. The van der Waals surface area contributed by atoms with Crippen molar-refractivity contribution in [2.75, 3.05) is 11.5 Å². The Morgan fingerprint density at radius 2 is 2.06 bits per heavy atom. The van der Waals surface area contributed by atoms with Gasteiger partial charge in [0.15, 0.2) is 16.7 Å². The molecule has 34 heavy (non-hydrogen) atoms. The van der Waals surface area contributed by atoms with Crippen molar-refractivity contribution in [3.05, 3.63) is 57.5 Å². The molecule has 1 saturated carbocycles. The van der Waals surface area contributed by atoms with Crippen LogP contribution in [0.1, 0.15) is 53.2 Å². The highest BCUT2D eigenvalue weighted by Gasteiger charge is 2.54. The first-order chi connectivity index (χ1) is 16.3. The van der Waals surface area contributed by atoms with Crippen LogP contribution in [0.5, 0.6) is 0 Å². The summed E-state index contributed by atoms with van der Waals surface area (Å²) in [5.74, 6) is -3.12. The molecule has 10 heteroatoms. The Kier molecular flexibility index (Phi) is 5.71. The van der Waals surface area contributed by atoms with E-state index in [1.807, 2.05) is 0 Å². The van der Waals surface area contributed by atoms with E-state index in [1.54, 1.807) is 19.9 Å². The normalized spacial score (nSPS) is 26.3. The molecule has 1 aromatic heterocycles. The molecule has 178 valence electrons. The number of aromatic nitrogens is 1. The van der Waals surface area contributed by atoms with Crippen molar-refractivity contribution >= 4 is 34.1 Å². The number of esters is 1. The SMILES string of the molecule is CCOC(=O)c1sc(N2C(=O)C3=C(C(=O)C4CC(F)CCC4O3)C2c2ccccc2F)nc1C. The molecular weight excluding hydrogens is 466 g/mol. The zero-order valence-corrected chi connectivity index (χ0v) is 19.4. The highest BCUT2D eigenvalue weighted by Crippen LogP contribution is 2.49. The summed E-state index contributed by atoms with van der Waals surface area (Å²) in [4.78, 5) is 45.3. The van der Waals surface area contributed by atoms with Gasteiger partial charge in [-0.1, -0.05) is 29.5 Å². The van der Waals surface area contributed by atoms with Crippen LogP contribution in [0.4, 0.5) is 13.9 Å². The predicted octanol–water partition coefficient (Wildman–Crippen LogP) is 4.22. The molecule has 1 aromatic carbocycles. The number of aryl methyl sites for hydroxylation is 1. The van der Waals surface area contributed by atoms with E-state index in [-0.39, 0.29) is 46.4 Å². The quantitative estimate of drug-likeness (QED) is 0.600. The molecule has 3 aliphatic rings. The van der Waals surface area contributed by atoms with Crippen LogP contribution in [0, 0.1) is 18.7 Å². The number of thiazole rings is 1. The molecular formula is C24H22F2N2O5S. The zero-order valence-electron chi connectivity index (χ0n) is 18.5. The summed E-state index contributed by atoms with van der Waals surface area (Å²) in [6, 6.07) is 4.69.